The van der Waals surface area contributed by atoms with Gasteiger partial charge in [0.15, 0.2) is 0 Å². The van der Waals surface area contributed by atoms with Crippen LogP contribution in [0.2, 0.25) is 0 Å². The number of ether oxygens (including phenoxy) is 1. The van der Waals surface area contributed by atoms with Crippen LogP contribution in [0.25, 0.3) is 0 Å². The summed E-state index contributed by atoms with van der Waals surface area (Å²) in [5.74, 6) is 0.00647. The van der Waals surface area contributed by atoms with Crippen LogP contribution in [0.1, 0.15) is 65.7 Å². The van der Waals surface area contributed by atoms with Crippen molar-refractivity contribution in [2.75, 3.05) is 13.1 Å². The number of carbonyl (C=O) groups excluding carboxylic acids is 1. The topological polar surface area (TPSA) is 38.3 Å². The quantitative estimate of drug-likeness (QED) is 0.560. The number of hydrogen-bond donors (Lipinski definition) is 1. The van der Waals surface area contributed by atoms with Gasteiger partial charge in [0.25, 0.3) is 0 Å². The zero-order valence-electron chi connectivity index (χ0n) is 12.3. The molecule has 3 heteroatoms. The van der Waals surface area contributed by atoms with Crippen LogP contribution in [0.4, 0.5) is 0 Å². The van der Waals surface area contributed by atoms with Crippen LogP contribution in [-0.2, 0) is 9.53 Å². The second-order valence-corrected chi connectivity index (χ2v) is 5.88. The van der Waals surface area contributed by atoms with Crippen LogP contribution >= 0.6 is 0 Å². The van der Waals surface area contributed by atoms with Gasteiger partial charge >= 0.3 is 5.97 Å². The van der Waals surface area contributed by atoms with Crippen LogP contribution < -0.4 is 5.32 Å². The van der Waals surface area contributed by atoms with Gasteiger partial charge in [-0.05, 0) is 52.6 Å². The van der Waals surface area contributed by atoms with E-state index in [4.69, 9.17) is 4.74 Å². The van der Waals surface area contributed by atoms with E-state index in [-0.39, 0.29) is 17.5 Å². The van der Waals surface area contributed by atoms with Crippen molar-refractivity contribution in [1.82, 2.24) is 5.32 Å². The molecule has 0 spiro atoms. The average Bonchev–Trinajstić information content (AvgIpc) is 2.35. The summed E-state index contributed by atoms with van der Waals surface area (Å²) in [6, 6.07) is 0. The summed E-state index contributed by atoms with van der Waals surface area (Å²) in [6.07, 6.45) is 7.81. The largest absolute Gasteiger partial charge is 0.462 e. The summed E-state index contributed by atoms with van der Waals surface area (Å²) in [5.41, 5.74) is -0.261. The lowest BCUT2D eigenvalue weighted by molar-refractivity contribution is -0.161. The Balaban J connectivity index is 2.25. The molecule has 0 aromatic rings. The third-order valence-corrected chi connectivity index (χ3v) is 3.97. The highest BCUT2D eigenvalue weighted by atomic mass is 16.5. The standard InChI is InChI=1S/C15H29NO2/c1-4-5-6-7-8-13(2)18-14(17)15(3)9-11-16-12-10-15/h13,16H,4-12H2,1-3H3. The Kier molecular flexibility index (Phi) is 6.69. The number of nitrogens with one attached hydrogen (secondary N) is 1. The lowest BCUT2D eigenvalue weighted by atomic mass is 9.81. The monoisotopic (exact) mass is 255 g/mol. The predicted octanol–water partition coefficient (Wildman–Crippen LogP) is 3.28. The number of rotatable bonds is 7. The predicted molar refractivity (Wildman–Crippen MR) is 74.5 cm³/mol. The number of esters is 1. The molecule has 1 unspecified atom stereocenters. The van der Waals surface area contributed by atoms with Gasteiger partial charge in [-0.2, -0.15) is 0 Å². The van der Waals surface area contributed by atoms with Gasteiger partial charge in [-0.3, -0.25) is 4.79 Å². The summed E-state index contributed by atoms with van der Waals surface area (Å²) in [5, 5.41) is 3.29. The van der Waals surface area contributed by atoms with Crippen molar-refractivity contribution in [2.24, 2.45) is 5.41 Å². The molecule has 1 fully saturated rings. The SMILES string of the molecule is CCCCCCC(C)OC(=O)C1(C)CCNCC1. The van der Waals surface area contributed by atoms with E-state index in [2.05, 4.69) is 12.2 Å². The van der Waals surface area contributed by atoms with Gasteiger partial charge in [0.1, 0.15) is 0 Å². The molecule has 0 aromatic heterocycles. The molecule has 0 saturated carbocycles. The van der Waals surface area contributed by atoms with Gasteiger partial charge in [0.2, 0.25) is 0 Å². The lowest BCUT2D eigenvalue weighted by Gasteiger charge is -2.32. The highest BCUT2D eigenvalue weighted by Gasteiger charge is 2.36. The van der Waals surface area contributed by atoms with Gasteiger partial charge in [-0.1, -0.05) is 26.2 Å². The third kappa shape index (κ3) is 4.97. The van der Waals surface area contributed by atoms with E-state index < -0.39 is 0 Å². The molecular weight excluding hydrogens is 226 g/mol. The minimum absolute atomic E-state index is 0.00647. The molecule has 0 aromatic carbocycles. The minimum Gasteiger partial charge on any atom is -0.462 e. The molecule has 1 aliphatic rings. The summed E-state index contributed by atoms with van der Waals surface area (Å²) in [4.78, 5) is 12.2. The third-order valence-electron chi connectivity index (χ3n) is 3.97. The molecular formula is C15H29NO2. The molecule has 1 heterocycles. The van der Waals surface area contributed by atoms with Crippen LogP contribution in [0, 0.1) is 5.41 Å². The molecule has 1 N–H and O–H groups in total. The summed E-state index contributed by atoms with van der Waals surface area (Å²) >= 11 is 0. The molecule has 0 radical (unpaired) electrons. The lowest BCUT2D eigenvalue weighted by Crippen LogP contribution is -2.41. The first kappa shape index (κ1) is 15.5. The van der Waals surface area contributed by atoms with Crippen molar-refractivity contribution in [2.45, 2.75) is 71.8 Å². The second-order valence-electron chi connectivity index (χ2n) is 5.88. The Morgan fingerprint density at radius 2 is 1.94 bits per heavy atom. The first-order valence-electron chi connectivity index (χ1n) is 7.50. The molecule has 1 rings (SSSR count). The fourth-order valence-electron chi connectivity index (χ4n) is 2.43. The summed E-state index contributed by atoms with van der Waals surface area (Å²) < 4.78 is 5.61. The van der Waals surface area contributed by atoms with Crippen molar-refractivity contribution in [3.05, 3.63) is 0 Å². The Bertz CT molecular complexity index is 247. The van der Waals surface area contributed by atoms with Crippen molar-refractivity contribution in [1.29, 1.82) is 0 Å². The van der Waals surface area contributed by atoms with E-state index in [0.717, 1.165) is 32.4 Å². The zero-order valence-corrected chi connectivity index (χ0v) is 12.3. The van der Waals surface area contributed by atoms with Gasteiger partial charge in [-0.15, -0.1) is 0 Å². The number of piperidine rings is 1. The van der Waals surface area contributed by atoms with Crippen LogP contribution in [0.15, 0.2) is 0 Å². The van der Waals surface area contributed by atoms with E-state index in [1.54, 1.807) is 0 Å². The van der Waals surface area contributed by atoms with Crippen LogP contribution in [-0.4, -0.2) is 25.2 Å². The molecule has 1 aliphatic heterocycles. The maximum Gasteiger partial charge on any atom is 0.312 e. The number of carbonyl (C=O) groups is 1. The molecule has 18 heavy (non-hydrogen) atoms. The second kappa shape index (κ2) is 7.78. The van der Waals surface area contributed by atoms with E-state index in [1.807, 2.05) is 13.8 Å². The molecule has 1 saturated heterocycles. The normalized spacial score (nSPS) is 20.4. The summed E-state index contributed by atoms with van der Waals surface area (Å²) in [6.45, 7) is 8.13. The van der Waals surface area contributed by atoms with E-state index in [9.17, 15) is 4.79 Å². The van der Waals surface area contributed by atoms with Crippen molar-refractivity contribution < 1.29 is 9.53 Å². The van der Waals surface area contributed by atoms with Gasteiger partial charge in [0, 0.05) is 0 Å². The maximum absolute atomic E-state index is 12.2. The minimum atomic E-state index is -0.261. The Labute approximate surface area is 112 Å². The molecule has 0 amide bonds. The highest BCUT2D eigenvalue weighted by molar-refractivity contribution is 5.76. The van der Waals surface area contributed by atoms with E-state index in [0.29, 0.717) is 0 Å². The Hall–Kier alpha value is -0.570. The van der Waals surface area contributed by atoms with Gasteiger partial charge in [0.05, 0.1) is 11.5 Å². The van der Waals surface area contributed by atoms with Crippen molar-refractivity contribution >= 4 is 5.97 Å². The van der Waals surface area contributed by atoms with E-state index in [1.165, 1.54) is 25.7 Å². The summed E-state index contributed by atoms with van der Waals surface area (Å²) in [7, 11) is 0. The number of hydrogen-bond acceptors (Lipinski definition) is 3. The fourth-order valence-corrected chi connectivity index (χ4v) is 2.43. The maximum atomic E-state index is 12.2. The van der Waals surface area contributed by atoms with Gasteiger partial charge < -0.3 is 10.1 Å². The Morgan fingerprint density at radius 1 is 1.28 bits per heavy atom. The fraction of sp³-hybridized carbons (Fsp3) is 0.933. The average molecular weight is 255 g/mol. The zero-order chi connectivity index (χ0) is 13.4. The Morgan fingerprint density at radius 3 is 2.56 bits per heavy atom. The molecule has 0 bridgehead atoms. The molecule has 106 valence electrons. The van der Waals surface area contributed by atoms with Crippen LogP contribution in [0.3, 0.4) is 0 Å². The first-order valence-corrected chi connectivity index (χ1v) is 7.50. The smallest absolute Gasteiger partial charge is 0.312 e. The van der Waals surface area contributed by atoms with Crippen LogP contribution in [0.5, 0.6) is 0 Å². The molecule has 0 aliphatic carbocycles. The van der Waals surface area contributed by atoms with Gasteiger partial charge in [-0.25, -0.2) is 0 Å². The van der Waals surface area contributed by atoms with Crippen molar-refractivity contribution in [3.8, 4) is 0 Å². The molecule has 3 nitrogen and oxygen atoms in total. The number of unbranched alkanes of at least 4 members (excludes halogenated alkanes) is 3. The van der Waals surface area contributed by atoms with E-state index >= 15 is 0 Å². The molecule has 1 atom stereocenters. The first-order chi connectivity index (χ1) is 8.58. The highest BCUT2D eigenvalue weighted by Crippen LogP contribution is 2.30. The van der Waals surface area contributed by atoms with Crippen molar-refractivity contribution in [3.63, 3.8) is 0 Å².